The third kappa shape index (κ3) is 4.56. The molecular weight excluding hydrogens is 428 g/mol. The number of hydrogen-bond donors (Lipinski definition) is 0. The summed E-state index contributed by atoms with van der Waals surface area (Å²) >= 11 is 10.3. The summed E-state index contributed by atoms with van der Waals surface area (Å²) in [6.07, 6.45) is 1.60. The monoisotopic (exact) mass is 438 g/mol. The van der Waals surface area contributed by atoms with Crippen LogP contribution in [-0.4, -0.2) is 15.9 Å². The molecule has 0 fully saturated rings. The number of rotatable bonds is 5. The van der Waals surface area contributed by atoms with E-state index < -0.39 is 5.97 Å². The molecule has 0 spiro atoms. The molecule has 0 saturated heterocycles. The Morgan fingerprint density at radius 2 is 2.04 bits per heavy atom. The molecule has 0 aliphatic heterocycles. The number of aromatic nitrogens is 2. The van der Waals surface area contributed by atoms with E-state index >= 15 is 0 Å². The SMILES string of the molecule is Cc1nc(COc2ccc(Cl)cc2)sc1C(=O)Oc1cccnc1Br. The minimum Gasteiger partial charge on any atom is -0.486 e. The summed E-state index contributed by atoms with van der Waals surface area (Å²) in [7, 11) is 0. The van der Waals surface area contributed by atoms with E-state index in [1.54, 1.807) is 49.5 Å². The van der Waals surface area contributed by atoms with Crippen molar-refractivity contribution < 1.29 is 14.3 Å². The smallest absolute Gasteiger partial charge is 0.355 e. The first-order valence-corrected chi connectivity index (χ1v) is 9.19. The number of carbonyl (C=O) groups is 1. The number of thiazole rings is 1. The van der Waals surface area contributed by atoms with Crippen molar-refractivity contribution in [3.63, 3.8) is 0 Å². The Hall–Kier alpha value is -1.96. The van der Waals surface area contributed by atoms with Crippen LogP contribution in [0, 0.1) is 6.92 Å². The van der Waals surface area contributed by atoms with Crippen molar-refractivity contribution in [3.05, 3.63) is 67.8 Å². The third-order valence-electron chi connectivity index (χ3n) is 3.13. The maximum atomic E-state index is 12.4. The molecule has 0 radical (unpaired) electrons. The maximum Gasteiger partial charge on any atom is 0.355 e. The fourth-order valence-electron chi connectivity index (χ4n) is 1.97. The van der Waals surface area contributed by atoms with E-state index in [2.05, 4.69) is 25.9 Å². The molecule has 2 heterocycles. The molecule has 0 N–H and O–H groups in total. The Kier molecular flexibility index (Phi) is 5.67. The number of ether oxygens (including phenoxy) is 2. The zero-order valence-electron chi connectivity index (χ0n) is 13.0. The Bertz CT molecular complexity index is 899. The predicted molar refractivity (Wildman–Crippen MR) is 99.5 cm³/mol. The first-order valence-electron chi connectivity index (χ1n) is 7.20. The number of benzene rings is 1. The molecule has 2 aromatic heterocycles. The molecule has 3 rings (SSSR count). The van der Waals surface area contributed by atoms with Gasteiger partial charge in [0.2, 0.25) is 0 Å². The van der Waals surface area contributed by atoms with Gasteiger partial charge < -0.3 is 9.47 Å². The quantitative estimate of drug-likeness (QED) is 0.411. The van der Waals surface area contributed by atoms with E-state index in [4.69, 9.17) is 21.1 Å². The second kappa shape index (κ2) is 7.95. The van der Waals surface area contributed by atoms with E-state index in [0.29, 0.717) is 36.7 Å². The second-order valence-electron chi connectivity index (χ2n) is 4.95. The van der Waals surface area contributed by atoms with Gasteiger partial charge in [0.1, 0.15) is 26.8 Å². The van der Waals surface area contributed by atoms with Gasteiger partial charge in [-0.1, -0.05) is 11.6 Å². The first kappa shape index (κ1) is 17.8. The molecule has 25 heavy (non-hydrogen) atoms. The van der Waals surface area contributed by atoms with Gasteiger partial charge in [0.15, 0.2) is 5.75 Å². The van der Waals surface area contributed by atoms with Gasteiger partial charge in [0.05, 0.1) is 5.69 Å². The minimum absolute atomic E-state index is 0.261. The summed E-state index contributed by atoms with van der Waals surface area (Å²) in [5, 5.41) is 1.33. The highest BCUT2D eigenvalue weighted by Crippen LogP contribution is 2.26. The highest BCUT2D eigenvalue weighted by molar-refractivity contribution is 9.10. The summed E-state index contributed by atoms with van der Waals surface area (Å²) in [4.78, 5) is 21.2. The lowest BCUT2D eigenvalue weighted by molar-refractivity contribution is 0.0737. The Balaban J connectivity index is 1.68. The first-order chi connectivity index (χ1) is 12.0. The number of halogens is 2. The van der Waals surface area contributed by atoms with E-state index in [1.807, 2.05) is 0 Å². The fourth-order valence-corrected chi connectivity index (χ4v) is 3.28. The molecule has 0 unspecified atom stereocenters. The van der Waals surface area contributed by atoms with Crippen molar-refractivity contribution in [1.29, 1.82) is 0 Å². The summed E-state index contributed by atoms with van der Waals surface area (Å²) in [6.45, 7) is 2.02. The summed E-state index contributed by atoms with van der Waals surface area (Å²) < 4.78 is 11.5. The lowest BCUT2D eigenvalue weighted by atomic mass is 10.3. The molecule has 3 aromatic rings. The largest absolute Gasteiger partial charge is 0.486 e. The third-order valence-corrected chi connectivity index (χ3v) is 5.09. The van der Waals surface area contributed by atoms with Crippen molar-refractivity contribution in [1.82, 2.24) is 9.97 Å². The minimum atomic E-state index is -0.471. The number of carbonyl (C=O) groups excluding carboxylic acids is 1. The van der Waals surface area contributed by atoms with Crippen LogP contribution in [-0.2, 0) is 6.61 Å². The number of esters is 1. The summed E-state index contributed by atoms with van der Waals surface area (Å²) in [6, 6.07) is 10.4. The Morgan fingerprint density at radius 1 is 1.28 bits per heavy atom. The molecule has 0 amide bonds. The summed E-state index contributed by atoms with van der Waals surface area (Å²) in [5.41, 5.74) is 0.602. The van der Waals surface area contributed by atoms with Crippen LogP contribution in [0.1, 0.15) is 20.4 Å². The lowest BCUT2D eigenvalue weighted by Crippen LogP contribution is -2.08. The van der Waals surface area contributed by atoms with E-state index in [9.17, 15) is 4.79 Å². The maximum absolute atomic E-state index is 12.4. The van der Waals surface area contributed by atoms with E-state index in [-0.39, 0.29) is 6.61 Å². The fraction of sp³-hybridized carbons (Fsp3) is 0.118. The van der Waals surface area contributed by atoms with Crippen LogP contribution in [0.4, 0.5) is 0 Å². The van der Waals surface area contributed by atoms with Crippen LogP contribution in [0.2, 0.25) is 5.02 Å². The van der Waals surface area contributed by atoms with Gasteiger partial charge in [0.25, 0.3) is 0 Å². The molecule has 0 bridgehead atoms. The van der Waals surface area contributed by atoms with Crippen LogP contribution in [0.25, 0.3) is 0 Å². The zero-order chi connectivity index (χ0) is 17.8. The van der Waals surface area contributed by atoms with E-state index in [0.717, 1.165) is 0 Å². The molecule has 0 saturated carbocycles. The second-order valence-corrected chi connectivity index (χ2v) is 7.22. The van der Waals surface area contributed by atoms with Crippen LogP contribution in [0.15, 0.2) is 47.2 Å². The van der Waals surface area contributed by atoms with Crippen LogP contribution in [0.3, 0.4) is 0 Å². The molecule has 0 aliphatic carbocycles. The normalized spacial score (nSPS) is 10.5. The van der Waals surface area contributed by atoms with Gasteiger partial charge in [-0.25, -0.2) is 14.8 Å². The standard InChI is InChI=1S/C17H12BrClN2O3S/c1-10-15(17(22)24-13-3-2-8-20-16(13)18)25-14(21-10)9-23-12-6-4-11(19)5-7-12/h2-8H,9H2,1H3. The average Bonchev–Trinajstić information content (AvgIpc) is 2.97. The molecule has 0 aliphatic rings. The van der Waals surface area contributed by atoms with Gasteiger partial charge in [-0.2, -0.15) is 0 Å². The predicted octanol–water partition coefficient (Wildman–Crippen LogP) is 5.06. The Morgan fingerprint density at radius 3 is 2.76 bits per heavy atom. The molecule has 0 atom stereocenters. The van der Waals surface area contributed by atoms with Crippen molar-refractivity contribution >= 4 is 44.8 Å². The van der Waals surface area contributed by atoms with Crippen molar-refractivity contribution in [2.24, 2.45) is 0 Å². The highest BCUT2D eigenvalue weighted by Gasteiger charge is 2.19. The Labute approximate surface area is 161 Å². The van der Waals surface area contributed by atoms with Crippen molar-refractivity contribution in [2.75, 3.05) is 0 Å². The number of nitrogens with zero attached hydrogens (tertiary/aromatic N) is 2. The molecule has 8 heteroatoms. The number of hydrogen-bond acceptors (Lipinski definition) is 6. The zero-order valence-corrected chi connectivity index (χ0v) is 16.2. The lowest BCUT2D eigenvalue weighted by Gasteiger charge is -2.04. The molecule has 5 nitrogen and oxygen atoms in total. The molecule has 1 aromatic carbocycles. The molecule has 128 valence electrons. The van der Waals surface area contributed by atoms with Gasteiger partial charge >= 0.3 is 5.97 Å². The summed E-state index contributed by atoms with van der Waals surface area (Å²) in [5.74, 6) is 0.571. The van der Waals surface area contributed by atoms with Gasteiger partial charge in [-0.05, 0) is 59.3 Å². The van der Waals surface area contributed by atoms with Crippen LogP contribution in [0.5, 0.6) is 11.5 Å². The van der Waals surface area contributed by atoms with Gasteiger partial charge in [0, 0.05) is 11.2 Å². The topological polar surface area (TPSA) is 61.3 Å². The van der Waals surface area contributed by atoms with E-state index in [1.165, 1.54) is 11.3 Å². The highest BCUT2D eigenvalue weighted by atomic mass is 79.9. The van der Waals surface area contributed by atoms with Gasteiger partial charge in [-0.3, -0.25) is 0 Å². The van der Waals surface area contributed by atoms with Gasteiger partial charge in [-0.15, -0.1) is 11.3 Å². The van der Waals surface area contributed by atoms with Crippen LogP contribution < -0.4 is 9.47 Å². The number of aryl methyl sites for hydroxylation is 1. The number of pyridine rings is 1. The molecular formula is C17H12BrClN2O3S. The van der Waals surface area contributed by atoms with Crippen molar-refractivity contribution in [3.8, 4) is 11.5 Å². The van der Waals surface area contributed by atoms with Crippen molar-refractivity contribution in [2.45, 2.75) is 13.5 Å². The van der Waals surface area contributed by atoms with Crippen LogP contribution >= 0.6 is 38.9 Å². The average molecular weight is 440 g/mol.